The molecule has 0 saturated heterocycles. The van der Waals surface area contributed by atoms with E-state index >= 15 is 0 Å². The number of rotatable bonds is 0. The summed E-state index contributed by atoms with van der Waals surface area (Å²) in [7, 11) is 0. The standard InChI is InChI=1S/C15H12.C2H4/c1-11-10-12-6-2-3-8-14(12)15-9-5-4-7-13(11)15;1-2/h2-10H,1H3;1-2H2. The number of fused-ring (bicyclic) bond motifs is 3. The zero-order valence-electron chi connectivity index (χ0n) is 10.1. The van der Waals surface area contributed by atoms with Gasteiger partial charge in [0.1, 0.15) is 0 Å². The van der Waals surface area contributed by atoms with Crippen molar-refractivity contribution in [3.63, 3.8) is 0 Å². The predicted octanol–water partition coefficient (Wildman–Crippen LogP) is 5.10. The molecule has 0 aliphatic rings. The first-order chi connectivity index (χ1) is 8.36. The number of benzene rings is 3. The van der Waals surface area contributed by atoms with Crippen LogP contribution in [0.2, 0.25) is 0 Å². The van der Waals surface area contributed by atoms with Gasteiger partial charge in [0.15, 0.2) is 0 Å². The van der Waals surface area contributed by atoms with Crippen molar-refractivity contribution in [1.29, 1.82) is 0 Å². The second-order valence-electron chi connectivity index (χ2n) is 3.96. The Morgan fingerprint density at radius 2 is 1.24 bits per heavy atom. The molecule has 0 bridgehead atoms. The fourth-order valence-electron chi connectivity index (χ4n) is 2.24. The first kappa shape index (κ1) is 11.4. The molecule has 0 heterocycles. The van der Waals surface area contributed by atoms with Crippen LogP contribution in [0.5, 0.6) is 0 Å². The largest absolute Gasteiger partial charge is 0.106 e. The summed E-state index contributed by atoms with van der Waals surface area (Å²) >= 11 is 0. The minimum Gasteiger partial charge on any atom is -0.106 e. The van der Waals surface area contributed by atoms with Crippen LogP contribution in [0.15, 0.2) is 67.8 Å². The molecular formula is C17H16. The summed E-state index contributed by atoms with van der Waals surface area (Å²) in [5.74, 6) is 0. The number of aryl methyl sites for hydroxylation is 1. The lowest BCUT2D eigenvalue weighted by Crippen LogP contribution is -1.81. The third kappa shape index (κ3) is 1.94. The van der Waals surface area contributed by atoms with Crippen molar-refractivity contribution in [2.75, 3.05) is 0 Å². The summed E-state index contributed by atoms with van der Waals surface area (Å²) in [5, 5.41) is 5.39. The van der Waals surface area contributed by atoms with Gasteiger partial charge in [-0.1, -0.05) is 54.6 Å². The van der Waals surface area contributed by atoms with Gasteiger partial charge in [-0.2, -0.15) is 0 Å². The Kier molecular flexibility index (Phi) is 3.24. The molecule has 84 valence electrons. The summed E-state index contributed by atoms with van der Waals surface area (Å²) in [5.41, 5.74) is 1.35. The van der Waals surface area contributed by atoms with Crippen molar-refractivity contribution in [3.05, 3.63) is 73.3 Å². The zero-order valence-corrected chi connectivity index (χ0v) is 10.1. The minimum absolute atomic E-state index is 1.33. The molecule has 0 nitrogen and oxygen atoms in total. The first-order valence-electron chi connectivity index (χ1n) is 5.73. The van der Waals surface area contributed by atoms with E-state index in [0.717, 1.165) is 0 Å². The van der Waals surface area contributed by atoms with Gasteiger partial charge in [-0.15, -0.1) is 13.2 Å². The highest BCUT2D eigenvalue weighted by atomic mass is 14.1. The maximum atomic E-state index is 3.00. The molecule has 17 heavy (non-hydrogen) atoms. The summed E-state index contributed by atoms with van der Waals surface area (Å²) in [6.07, 6.45) is 0. The maximum absolute atomic E-state index is 3.00. The number of hydrogen-bond acceptors (Lipinski definition) is 0. The second-order valence-corrected chi connectivity index (χ2v) is 3.96. The number of hydrogen-bond donors (Lipinski definition) is 0. The van der Waals surface area contributed by atoms with Gasteiger partial charge in [-0.05, 0) is 34.0 Å². The molecule has 0 spiro atoms. The van der Waals surface area contributed by atoms with E-state index in [-0.39, 0.29) is 0 Å². The van der Waals surface area contributed by atoms with Crippen LogP contribution in [0.3, 0.4) is 0 Å². The molecule has 0 unspecified atom stereocenters. The lowest BCUT2D eigenvalue weighted by molar-refractivity contribution is 1.56. The SMILES string of the molecule is C=C.Cc1cc2ccccc2c2ccccc12. The highest BCUT2D eigenvalue weighted by Crippen LogP contribution is 2.27. The lowest BCUT2D eigenvalue weighted by Gasteiger charge is -2.06. The van der Waals surface area contributed by atoms with E-state index in [0.29, 0.717) is 0 Å². The Morgan fingerprint density at radius 1 is 0.706 bits per heavy atom. The molecule has 0 aliphatic heterocycles. The van der Waals surface area contributed by atoms with Crippen LogP contribution in [0, 0.1) is 6.92 Å². The van der Waals surface area contributed by atoms with Gasteiger partial charge in [0.05, 0.1) is 0 Å². The molecule has 3 rings (SSSR count). The minimum atomic E-state index is 1.33. The molecule has 3 aromatic rings. The van der Waals surface area contributed by atoms with E-state index in [1.165, 1.54) is 27.1 Å². The van der Waals surface area contributed by atoms with Gasteiger partial charge in [0.25, 0.3) is 0 Å². The Labute approximate surface area is 102 Å². The van der Waals surface area contributed by atoms with E-state index in [1.54, 1.807) is 0 Å². The van der Waals surface area contributed by atoms with Crippen molar-refractivity contribution in [2.24, 2.45) is 0 Å². The van der Waals surface area contributed by atoms with Crippen LogP contribution in [0.4, 0.5) is 0 Å². The summed E-state index contributed by atoms with van der Waals surface area (Å²) in [6.45, 7) is 8.18. The molecule has 0 atom stereocenters. The molecule has 0 aromatic heterocycles. The van der Waals surface area contributed by atoms with Crippen molar-refractivity contribution < 1.29 is 0 Å². The molecule has 0 N–H and O–H groups in total. The van der Waals surface area contributed by atoms with Crippen LogP contribution >= 0.6 is 0 Å². The summed E-state index contributed by atoms with van der Waals surface area (Å²) in [4.78, 5) is 0. The highest BCUT2D eigenvalue weighted by Gasteiger charge is 2.01. The second kappa shape index (κ2) is 4.84. The Hall–Kier alpha value is -2.08. The van der Waals surface area contributed by atoms with Gasteiger partial charge >= 0.3 is 0 Å². The Balaban J connectivity index is 0.000000514. The van der Waals surface area contributed by atoms with E-state index < -0.39 is 0 Å². The normalized spacial score (nSPS) is 9.94. The monoisotopic (exact) mass is 220 g/mol. The van der Waals surface area contributed by atoms with Crippen LogP contribution < -0.4 is 0 Å². The lowest BCUT2D eigenvalue weighted by atomic mass is 9.98. The quantitative estimate of drug-likeness (QED) is 0.365. The van der Waals surface area contributed by atoms with Gasteiger partial charge in [-0.3, -0.25) is 0 Å². The maximum Gasteiger partial charge on any atom is -0.0103 e. The van der Waals surface area contributed by atoms with E-state index in [2.05, 4.69) is 74.7 Å². The molecule has 0 aliphatic carbocycles. The van der Waals surface area contributed by atoms with Crippen molar-refractivity contribution in [3.8, 4) is 0 Å². The van der Waals surface area contributed by atoms with E-state index in [1.807, 2.05) is 0 Å². The molecular weight excluding hydrogens is 204 g/mol. The van der Waals surface area contributed by atoms with Gasteiger partial charge < -0.3 is 0 Å². The molecule has 0 heteroatoms. The third-order valence-electron chi connectivity index (χ3n) is 2.97. The molecule has 0 amide bonds. The third-order valence-corrected chi connectivity index (χ3v) is 2.97. The molecule has 3 aromatic carbocycles. The Morgan fingerprint density at radius 3 is 1.94 bits per heavy atom. The van der Waals surface area contributed by atoms with Gasteiger partial charge in [0, 0.05) is 0 Å². The molecule has 0 radical (unpaired) electrons. The smallest absolute Gasteiger partial charge is 0.0103 e. The van der Waals surface area contributed by atoms with Gasteiger partial charge in [0.2, 0.25) is 0 Å². The topological polar surface area (TPSA) is 0 Å². The van der Waals surface area contributed by atoms with Gasteiger partial charge in [-0.25, -0.2) is 0 Å². The summed E-state index contributed by atoms with van der Waals surface area (Å²) < 4.78 is 0. The fourth-order valence-corrected chi connectivity index (χ4v) is 2.24. The fraction of sp³-hybridized carbons (Fsp3) is 0.0588. The van der Waals surface area contributed by atoms with Crippen LogP contribution in [0.1, 0.15) is 5.56 Å². The average Bonchev–Trinajstić information content (AvgIpc) is 2.42. The van der Waals surface area contributed by atoms with Crippen molar-refractivity contribution in [1.82, 2.24) is 0 Å². The van der Waals surface area contributed by atoms with Crippen molar-refractivity contribution in [2.45, 2.75) is 6.92 Å². The van der Waals surface area contributed by atoms with Crippen LogP contribution in [0.25, 0.3) is 21.5 Å². The summed E-state index contributed by atoms with van der Waals surface area (Å²) in [6, 6.07) is 19.4. The Bertz CT molecular complexity index is 650. The first-order valence-corrected chi connectivity index (χ1v) is 5.73. The van der Waals surface area contributed by atoms with E-state index in [9.17, 15) is 0 Å². The van der Waals surface area contributed by atoms with Crippen LogP contribution in [-0.2, 0) is 0 Å². The predicted molar refractivity (Wildman–Crippen MR) is 77.4 cm³/mol. The molecule has 0 saturated carbocycles. The van der Waals surface area contributed by atoms with E-state index in [4.69, 9.17) is 0 Å². The molecule has 0 fully saturated rings. The highest BCUT2D eigenvalue weighted by molar-refractivity contribution is 6.08. The van der Waals surface area contributed by atoms with Crippen molar-refractivity contribution >= 4 is 21.5 Å². The average molecular weight is 220 g/mol. The van der Waals surface area contributed by atoms with Crippen LogP contribution in [-0.4, -0.2) is 0 Å². The zero-order chi connectivity index (χ0) is 12.3.